The fourth-order valence-electron chi connectivity index (χ4n) is 0.144. The molecule has 0 heterocycles. The van der Waals surface area contributed by atoms with Crippen molar-refractivity contribution < 1.29 is 22.4 Å². The third-order valence-electron chi connectivity index (χ3n) is 0.551. The molecular formula is C5H13O5S-. The van der Waals surface area contributed by atoms with Crippen molar-refractivity contribution in [3.63, 3.8) is 0 Å². The van der Waals surface area contributed by atoms with E-state index >= 15 is 0 Å². The molecule has 0 radical (unpaired) electrons. The number of methoxy groups -OCH3 is 2. The van der Waals surface area contributed by atoms with Crippen molar-refractivity contribution in [3.8, 4) is 0 Å². The molecule has 0 aromatic carbocycles. The van der Waals surface area contributed by atoms with E-state index < -0.39 is 16.1 Å². The Morgan fingerprint density at radius 3 is 1.64 bits per heavy atom. The van der Waals surface area contributed by atoms with Crippen LogP contribution >= 0.6 is 0 Å². The molecule has 0 atom stereocenters. The smallest absolute Gasteiger partial charge is 0.136 e. The molecule has 0 aliphatic rings. The zero-order valence-electron chi connectivity index (χ0n) is 6.86. The normalized spacial score (nSPS) is 10.2. The van der Waals surface area contributed by atoms with Gasteiger partial charge >= 0.3 is 0 Å². The van der Waals surface area contributed by atoms with Gasteiger partial charge in [-0.25, -0.2) is 8.42 Å². The summed E-state index contributed by atoms with van der Waals surface area (Å²) in [6, 6.07) is 0. The number of hydrogen-bond donors (Lipinski definition) is 0. The maximum absolute atomic E-state index is 9.55. The minimum absolute atomic E-state index is 0.743. The van der Waals surface area contributed by atoms with E-state index in [0.717, 1.165) is 13.7 Å². The van der Waals surface area contributed by atoms with Crippen molar-refractivity contribution in [2.45, 2.75) is 6.92 Å². The first-order chi connectivity index (χ1) is 4.97. The maximum atomic E-state index is 9.55. The topological polar surface area (TPSA) is 75.7 Å². The molecule has 0 saturated heterocycles. The molecule has 70 valence electrons. The molecule has 0 unspecified atom stereocenters. The van der Waals surface area contributed by atoms with Crippen LogP contribution in [0.1, 0.15) is 6.92 Å². The summed E-state index contributed by atoms with van der Waals surface area (Å²) in [5.74, 6) is -0.743. The Kier molecular flexibility index (Phi) is 9.68. The third-order valence-corrected chi connectivity index (χ3v) is 1.08. The van der Waals surface area contributed by atoms with E-state index in [1.54, 1.807) is 7.11 Å². The van der Waals surface area contributed by atoms with Gasteiger partial charge in [0, 0.05) is 20.8 Å². The number of hydrogen-bond acceptors (Lipinski definition) is 5. The Hall–Kier alpha value is -0.170. The molecule has 0 rings (SSSR count). The van der Waals surface area contributed by atoms with Gasteiger partial charge in [0.1, 0.15) is 16.1 Å². The average molecular weight is 185 g/mol. The standard InChI is InChI=1S/C3H8O.C2H6O4S/c1-3-4-2;1-6-2-7(3,4)5/h3H2,1-2H3;2H2,1H3,(H,3,4,5)/p-1. The predicted octanol–water partition coefficient (Wildman–Crippen LogP) is -0.212. The Bertz CT molecular complexity index is 148. The van der Waals surface area contributed by atoms with Gasteiger partial charge in [-0.2, -0.15) is 0 Å². The minimum atomic E-state index is -4.15. The second-order valence-electron chi connectivity index (χ2n) is 1.54. The van der Waals surface area contributed by atoms with Crippen LogP contribution in [0.25, 0.3) is 0 Å². The summed E-state index contributed by atoms with van der Waals surface area (Å²) in [6.07, 6.45) is 0. The molecule has 0 amide bonds. The van der Waals surface area contributed by atoms with Gasteiger partial charge < -0.3 is 14.0 Å². The molecule has 0 N–H and O–H groups in total. The van der Waals surface area contributed by atoms with Crippen LogP contribution in [0.2, 0.25) is 0 Å². The highest BCUT2D eigenvalue weighted by Gasteiger charge is 1.86. The summed E-state index contributed by atoms with van der Waals surface area (Å²) in [6.45, 7) is 2.78. The molecule has 0 aromatic heterocycles. The summed E-state index contributed by atoms with van der Waals surface area (Å²) in [5, 5.41) is 0. The first kappa shape index (κ1) is 13.4. The van der Waals surface area contributed by atoms with Gasteiger partial charge in [0.15, 0.2) is 0 Å². The lowest BCUT2D eigenvalue weighted by Crippen LogP contribution is -2.04. The number of ether oxygens (including phenoxy) is 2. The van der Waals surface area contributed by atoms with Crippen molar-refractivity contribution in [3.05, 3.63) is 0 Å². The lowest BCUT2D eigenvalue weighted by atomic mass is 10.9. The van der Waals surface area contributed by atoms with Crippen LogP contribution in [0, 0.1) is 0 Å². The summed E-state index contributed by atoms with van der Waals surface area (Å²) in [5.41, 5.74) is 0. The van der Waals surface area contributed by atoms with Crippen molar-refractivity contribution in [1.82, 2.24) is 0 Å². The molecule has 0 aliphatic heterocycles. The second kappa shape index (κ2) is 7.93. The van der Waals surface area contributed by atoms with Crippen LogP contribution in [0.5, 0.6) is 0 Å². The highest BCUT2D eigenvalue weighted by molar-refractivity contribution is 7.85. The monoisotopic (exact) mass is 185 g/mol. The van der Waals surface area contributed by atoms with Gasteiger partial charge in [-0.1, -0.05) is 0 Å². The van der Waals surface area contributed by atoms with Crippen LogP contribution in [0.15, 0.2) is 0 Å². The quantitative estimate of drug-likeness (QED) is 0.568. The van der Waals surface area contributed by atoms with E-state index in [9.17, 15) is 13.0 Å². The summed E-state index contributed by atoms with van der Waals surface area (Å²) in [7, 11) is -1.32. The van der Waals surface area contributed by atoms with E-state index in [2.05, 4.69) is 9.47 Å². The Labute approximate surface area is 67.1 Å². The molecule has 11 heavy (non-hydrogen) atoms. The average Bonchev–Trinajstić information content (AvgIpc) is 1.86. The van der Waals surface area contributed by atoms with E-state index in [1.807, 2.05) is 6.92 Å². The van der Waals surface area contributed by atoms with Crippen LogP contribution < -0.4 is 0 Å². The summed E-state index contributed by atoms with van der Waals surface area (Å²) >= 11 is 0. The summed E-state index contributed by atoms with van der Waals surface area (Å²) < 4.78 is 37.2. The van der Waals surface area contributed by atoms with Gasteiger partial charge in [0.2, 0.25) is 0 Å². The van der Waals surface area contributed by atoms with Gasteiger partial charge in [0.05, 0.1) is 0 Å². The largest absolute Gasteiger partial charge is 0.746 e. The van der Waals surface area contributed by atoms with Gasteiger partial charge in [-0.15, -0.1) is 0 Å². The fraction of sp³-hybridized carbons (Fsp3) is 1.00. The molecule has 6 heteroatoms. The molecule has 0 fully saturated rings. The Balaban J connectivity index is 0. The molecule has 0 saturated carbocycles. The third kappa shape index (κ3) is 25.8. The maximum Gasteiger partial charge on any atom is 0.136 e. The SMILES string of the molecule is CCOC.COCS(=O)(=O)[O-]. The zero-order valence-corrected chi connectivity index (χ0v) is 7.68. The molecule has 0 spiro atoms. The lowest BCUT2D eigenvalue weighted by Gasteiger charge is -2.01. The van der Waals surface area contributed by atoms with E-state index in [1.165, 1.54) is 0 Å². The molecule has 0 aliphatic carbocycles. The first-order valence-corrected chi connectivity index (χ1v) is 4.47. The van der Waals surface area contributed by atoms with Crippen LogP contribution in [0.3, 0.4) is 0 Å². The van der Waals surface area contributed by atoms with Gasteiger partial charge in [-0.3, -0.25) is 0 Å². The fourth-order valence-corrected chi connectivity index (χ4v) is 0.433. The molecule has 0 aromatic rings. The zero-order chi connectivity index (χ0) is 9.33. The Morgan fingerprint density at radius 1 is 1.27 bits per heavy atom. The first-order valence-electron chi connectivity index (χ1n) is 2.89. The van der Waals surface area contributed by atoms with Crippen LogP contribution in [0.4, 0.5) is 0 Å². The van der Waals surface area contributed by atoms with Crippen molar-refractivity contribution >= 4 is 10.1 Å². The minimum Gasteiger partial charge on any atom is -0.746 e. The summed E-state index contributed by atoms with van der Waals surface area (Å²) in [4.78, 5) is 0. The van der Waals surface area contributed by atoms with Crippen molar-refractivity contribution in [2.75, 3.05) is 26.8 Å². The molecule has 0 bridgehead atoms. The van der Waals surface area contributed by atoms with E-state index in [4.69, 9.17) is 0 Å². The predicted molar refractivity (Wildman–Crippen MR) is 39.1 cm³/mol. The van der Waals surface area contributed by atoms with E-state index in [-0.39, 0.29) is 0 Å². The highest BCUT2D eigenvalue weighted by Crippen LogP contribution is 1.77. The number of rotatable bonds is 3. The van der Waals surface area contributed by atoms with Crippen LogP contribution in [-0.2, 0) is 19.6 Å². The Morgan fingerprint density at radius 2 is 1.64 bits per heavy atom. The van der Waals surface area contributed by atoms with Gasteiger partial charge in [0.25, 0.3) is 0 Å². The van der Waals surface area contributed by atoms with Gasteiger partial charge in [-0.05, 0) is 6.92 Å². The molecule has 5 nitrogen and oxygen atoms in total. The molecular weight excluding hydrogens is 172 g/mol. The second-order valence-corrected chi connectivity index (χ2v) is 2.89. The van der Waals surface area contributed by atoms with Crippen molar-refractivity contribution in [1.29, 1.82) is 0 Å². The van der Waals surface area contributed by atoms with Crippen molar-refractivity contribution in [2.24, 2.45) is 0 Å². The lowest BCUT2D eigenvalue weighted by molar-refractivity contribution is 0.215. The van der Waals surface area contributed by atoms with Crippen LogP contribution in [-0.4, -0.2) is 39.7 Å². The van der Waals surface area contributed by atoms with E-state index in [0.29, 0.717) is 0 Å². The highest BCUT2D eigenvalue weighted by atomic mass is 32.2.